The Kier molecular flexibility index (Phi) is 12.6. The Morgan fingerprint density at radius 2 is 1.50 bits per heavy atom. The third kappa shape index (κ3) is 9.73. The molecule has 0 atom stereocenters. The van der Waals surface area contributed by atoms with Gasteiger partial charge in [-0.05, 0) is 63.4 Å². The maximum absolute atomic E-state index is 12.5. The van der Waals surface area contributed by atoms with Crippen molar-refractivity contribution in [3.8, 4) is 5.75 Å². The van der Waals surface area contributed by atoms with Crippen molar-refractivity contribution in [2.24, 2.45) is 0 Å². The average molecular weight is 518 g/mol. The quantitative estimate of drug-likeness (QED) is 0.129. The Hall–Kier alpha value is -2.72. The lowest BCUT2D eigenvalue weighted by Gasteiger charge is -2.28. The minimum atomic E-state index is -2.68. The molecule has 0 fully saturated rings. The summed E-state index contributed by atoms with van der Waals surface area (Å²) in [7, 11) is 1.17. The monoisotopic (exact) mass is 517 g/mol. The van der Waals surface area contributed by atoms with Crippen LogP contribution in [0.4, 0.5) is 5.69 Å². The van der Waals surface area contributed by atoms with E-state index in [1.165, 1.54) is 0 Å². The predicted octanol–water partition coefficient (Wildman–Crippen LogP) is 5.23. The first-order valence-electron chi connectivity index (χ1n) is 12.5. The summed E-state index contributed by atoms with van der Waals surface area (Å²) < 4.78 is 28.4. The van der Waals surface area contributed by atoms with Crippen LogP contribution in [0, 0.1) is 0 Å². The Morgan fingerprint density at radius 3 is 2.08 bits per heavy atom. The normalized spacial score (nSPS) is 11.2. The molecule has 2 aromatic rings. The van der Waals surface area contributed by atoms with E-state index in [-0.39, 0.29) is 12.6 Å². The maximum Gasteiger partial charge on any atom is 0.500 e. The molecule has 8 nitrogen and oxygen atoms in total. The highest BCUT2D eigenvalue weighted by molar-refractivity contribution is 6.60. The molecule has 0 heterocycles. The molecule has 0 saturated heterocycles. The Labute approximate surface area is 215 Å². The summed E-state index contributed by atoms with van der Waals surface area (Å²) in [6, 6.07) is 14.8. The van der Waals surface area contributed by atoms with E-state index in [1.807, 2.05) is 51.9 Å². The number of carbonyl (C=O) groups excluding carboxylic acids is 2. The van der Waals surface area contributed by atoms with Gasteiger partial charge < -0.3 is 27.7 Å². The lowest BCUT2D eigenvalue weighted by molar-refractivity contribution is -0.145. The van der Waals surface area contributed by atoms with Gasteiger partial charge in [-0.2, -0.15) is 0 Å². The summed E-state index contributed by atoms with van der Waals surface area (Å²) in [5, 5.41) is 0. The third-order valence-corrected chi connectivity index (χ3v) is 8.49. The van der Waals surface area contributed by atoms with Crippen molar-refractivity contribution in [2.45, 2.75) is 52.7 Å². The van der Waals surface area contributed by atoms with E-state index >= 15 is 0 Å². The largest absolute Gasteiger partial charge is 0.500 e. The van der Waals surface area contributed by atoms with E-state index in [0.29, 0.717) is 50.0 Å². The van der Waals surface area contributed by atoms with Crippen molar-refractivity contribution in [1.82, 2.24) is 0 Å². The van der Waals surface area contributed by atoms with Gasteiger partial charge >= 0.3 is 20.7 Å². The molecular weight excluding hydrogens is 478 g/mol. The van der Waals surface area contributed by atoms with Gasteiger partial charge in [0.25, 0.3) is 0 Å². The van der Waals surface area contributed by atoms with Crippen LogP contribution in [0.15, 0.2) is 48.5 Å². The van der Waals surface area contributed by atoms with Crippen LogP contribution in [0.2, 0.25) is 6.04 Å². The topological polar surface area (TPSA) is 83.5 Å². The van der Waals surface area contributed by atoms with E-state index in [9.17, 15) is 9.59 Å². The molecule has 2 rings (SSSR count). The number of benzene rings is 2. The number of hydrogen-bond donors (Lipinski definition) is 0. The van der Waals surface area contributed by atoms with Gasteiger partial charge in [0.2, 0.25) is 0 Å². The van der Waals surface area contributed by atoms with Crippen LogP contribution in [-0.2, 0) is 29.4 Å². The molecule has 0 unspecified atom stereocenters. The van der Waals surface area contributed by atoms with Crippen LogP contribution in [0.5, 0.6) is 5.75 Å². The van der Waals surface area contributed by atoms with Crippen LogP contribution in [-0.4, -0.2) is 54.7 Å². The second-order valence-electron chi connectivity index (χ2n) is 8.33. The summed E-state index contributed by atoms with van der Waals surface area (Å²) in [6.45, 7) is 7.54. The van der Waals surface area contributed by atoms with Crippen molar-refractivity contribution in [2.75, 3.05) is 38.8 Å². The second-order valence-corrected chi connectivity index (χ2v) is 11.1. The van der Waals surface area contributed by atoms with E-state index in [2.05, 4.69) is 0 Å². The number of nitrogens with zero attached hydrogens (tertiary/aromatic N) is 1. The molecule has 0 saturated carbocycles. The molecule has 9 heteroatoms. The SMILES string of the molecule is CCO[Si](CCCCC(=O)OCc1ccc(C(=O)Oc2cccc(N(C)C)c2)cc1)(OCC)OCC. The van der Waals surface area contributed by atoms with Crippen molar-refractivity contribution in [3.05, 3.63) is 59.7 Å². The lowest BCUT2D eigenvalue weighted by Crippen LogP contribution is -2.45. The van der Waals surface area contributed by atoms with Crippen LogP contribution in [0.3, 0.4) is 0 Å². The maximum atomic E-state index is 12.5. The Bertz CT molecular complexity index is 932. The van der Waals surface area contributed by atoms with Crippen molar-refractivity contribution >= 4 is 26.4 Å². The van der Waals surface area contributed by atoms with E-state index in [0.717, 1.165) is 17.7 Å². The minimum absolute atomic E-state index is 0.147. The molecule has 198 valence electrons. The van der Waals surface area contributed by atoms with Gasteiger partial charge in [0, 0.05) is 58.1 Å². The predicted molar refractivity (Wildman–Crippen MR) is 141 cm³/mol. The van der Waals surface area contributed by atoms with E-state index in [1.54, 1.807) is 36.4 Å². The van der Waals surface area contributed by atoms with Crippen molar-refractivity contribution in [1.29, 1.82) is 0 Å². The van der Waals surface area contributed by atoms with E-state index in [4.69, 9.17) is 22.8 Å². The van der Waals surface area contributed by atoms with Crippen LogP contribution in [0.25, 0.3) is 0 Å². The highest BCUT2D eigenvalue weighted by Gasteiger charge is 2.39. The molecule has 0 spiro atoms. The fraction of sp³-hybridized carbons (Fsp3) is 0.481. The van der Waals surface area contributed by atoms with Crippen LogP contribution >= 0.6 is 0 Å². The number of ether oxygens (including phenoxy) is 2. The van der Waals surface area contributed by atoms with E-state index < -0.39 is 14.8 Å². The summed E-state index contributed by atoms with van der Waals surface area (Å²) in [6.07, 6.45) is 1.74. The number of anilines is 1. The molecule has 0 aliphatic rings. The number of esters is 2. The van der Waals surface area contributed by atoms with Gasteiger partial charge in [-0.1, -0.05) is 18.2 Å². The molecule has 0 N–H and O–H groups in total. The number of unbranched alkanes of at least 4 members (excludes halogenated alkanes) is 1. The zero-order valence-electron chi connectivity index (χ0n) is 22.1. The standard InChI is InChI=1S/C27H39NO7Si/c1-6-32-36(33-7-2,34-8-3)19-10-9-14-26(29)31-21-22-15-17-23(18-16-22)27(30)35-25-13-11-12-24(20-25)28(4)5/h11-13,15-18,20H,6-10,14,19,21H2,1-5H3. The van der Waals surface area contributed by atoms with Gasteiger partial charge in [-0.3, -0.25) is 4.79 Å². The molecule has 0 aliphatic heterocycles. The number of hydrogen-bond acceptors (Lipinski definition) is 8. The highest BCUT2D eigenvalue weighted by atomic mass is 28.4. The Balaban J connectivity index is 1.77. The fourth-order valence-corrected chi connectivity index (χ4v) is 6.26. The first-order valence-corrected chi connectivity index (χ1v) is 14.4. The zero-order chi connectivity index (χ0) is 26.4. The van der Waals surface area contributed by atoms with Gasteiger partial charge in [-0.15, -0.1) is 0 Å². The third-order valence-electron chi connectivity index (χ3n) is 5.34. The molecule has 0 radical (unpaired) electrons. The number of carbonyl (C=O) groups is 2. The first kappa shape index (κ1) is 29.5. The van der Waals surface area contributed by atoms with Crippen molar-refractivity contribution in [3.63, 3.8) is 0 Å². The summed E-state index contributed by atoms with van der Waals surface area (Å²) >= 11 is 0. The van der Waals surface area contributed by atoms with Gasteiger partial charge in [-0.25, -0.2) is 4.79 Å². The molecule has 0 aliphatic carbocycles. The molecular formula is C27H39NO7Si. The van der Waals surface area contributed by atoms with Gasteiger partial charge in [0.1, 0.15) is 12.4 Å². The zero-order valence-corrected chi connectivity index (χ0v) is 23.1. The molecule has 36 heavy (non-hydrogen) atoms. The first-order chi connectivity index (χ1) is 17.3. The van der Waals surface area contributed by atoms with Crippen LogP contribution in [0.1, 0.15) is 56.0 Å². The summed E-state index contributed by atoms with van der Waals surface area (Å²) in [5.74, 6) is -0.233. The lowest BCUT2D eigenvalue weighted by atomic mass is 10.1. The van der Waals surface area contributed by atoms with Crippen LogP contribution < -0.4 is 9.64 Å². The summed E-state index contributed by atoms with van der Waals surface area (Å²) in [4.78, 5) is 26.6. The molecule has 0 amide bonds. The van der Waals surface area contributed by atoms with Gasteiger partial charge in [0.15, 0.2) is 0 Å². The Morgan fingerprint density at radius 1 is 0.861 bits per heavy atom. The molecule has 2 aromatic carbocycles. The highest BCUT2D eigenvalue weighted by Crippen LogP contribution is 2.21. The van der Waals surface area contributed by atoms with Crippen molar-refractivity contribution < 1.29 is 32.3 Å². The second kappa shape index (κ2) is 15.4. The smallest absolute Gasteiger partial charge is 0.461 e. The molecule has 0 aromatic heterocycles. The molecule has 0 bridgehead atoms. The summed E-state index contributed by atoms with van der Waals surface area (Å²) in [5.41, 5.74) is 2.16. The fourth-order valence-electron chi connectivity index (χ4n) is 3.58. The number of rotatable bonds is 16. The van der Waals surface area contributed by atoms with Gasteiger partial charge in [0.05, 0.1) is 5.56 Å². The minimum Gasteiger partial charge on any atom is -0.461 e. The average Bonchev–Trinajstić information content (AvgIpc) is 2.86.